The van der Waals surface area contributed by atoms with Crippen LogP contribution in [0.15, 0.2) is 87.8 Å². The van der Waals surface area contributed by atoms with Crippen LogP contribution in [0.5, 0.6) is 23.0 Å². The molecule has 0 fully saturated rings. The second kappa shape index (κ2) is 13.6. The minimum atomic E-state index is -0.703. The summed E-state index contributed by atoms with van der Waals surface area (Å²) in [5, 5.41) is 0. The van der Waals surface area contributed by atoms with E-state index in [1.54, 1.807) is 56.9 Å². The first-order valence-electron chi connectivity index (χ1n) is 14.2. The Bertz CT molecular complexity index is 1860. The number of benzene rings is 3. The van der Waals surface area contributed by atoms with Crippen molar-refractivity contribution in [2.24, 2.45) is 4.99 Å². The van der Waals surface area contributed by atoms with Gasteiger partial charge in [0, 0.05) is 0 Å². The molecule has 5 rings (SSSR count). The molecule has 4 aromatic rings. The van der Waals surface area contributed by atoms with Crippen LogP contribution >= 0.6 is 11.3 Å². The summed E-state index contributed by atoms with van der Waals surface area (Å²) in [7, 11) is 3.15. The number of esters is 1. The van der Waals surface area contributed by atoms with E-state index in [4.69, 9.17) is 23.7 Å². The zero-order chi connectivity index (χ0) is 31.2. The van der Waals surface area contributed by atoms with E-state index >= 15 is 0 Å². The van der Waals surface area contributed by atoms with Crippen molar-refractivity contribution in [3.05, 3.63) is 114 Å². The number of ether oxygens (including phenoxy) is 5. The van der Waals surface area contributed by atoms with Crippen molar-refractivity contribution in [3.63, 3.8) is 0 Å². The number of methoxy groups -OCH3 is 2. The van der Waals surface area contributed by atoms with Crippen LogP contribution in [0.4, 0.5) is 0 Å². The molecular weight excluding hydrogens is 580 g/mol. The Hall–Kier alpha value is -4.83. The molecule has 0 N–H and O–H groups in total. The van der Waals surface area contributed by atoms with Gasteiger partial charge in [-0.15, -0.1) is 0 Å². The van der Waals surface area contributed by atoms with Gasteiger partial charge in [0.15, 0.2) is 16.3 Å². The number of thiazole rings is 1. The molecule has 0 saturated heterocycles. The lowest BCUT2D eigenvalue weighted by atomic mass is 9.96. The van der Waals surface area contributed by atoms with Crippen molar-refractivity contribution >= 4 is 23.4 Å². The molecule has 1 aliphatic heterocycles. The molecule has 0 bridgehead atoms. The van der Waals surface area contributed by atoms with Crippen LogP contribution in [0.3, 0.4) is 0 Å². The van der Waals surface area contributed by atoms with Crippen molar-refractivity contribution in [1.82, 2.24) is 4.57 Å². The predicted molar refractivity (Wildman–Crippen MR) is 169 cm³/mol. The fourth-order valence-electron chi connectivity index (χ4n) is 4.88. The molecule has 10 heteroatoms. The fraction of sp³-hybridized carbons (Fsp3) is 0.265. The van der Waals surface area contributed by atoms with Gasteiger partial charge in [-0.2, -0.15) is 0 Å². The third kappa shape index (κ3) is 6.55. The number of carbonyl (C=O) groups is 1. The van der Waals surface area contributed by atoms with E-state index in [0.717, 1.165) is 16.9 Å². The van der Waals surface area contributed by atoms with Crippen LogP contribution in [-0.4, -0.2) is 44.6 Å². The number of aryl methyl sites for hydroxylation is 1. The number of hydrogen-bond acceptors (Lipinski definition) is 9. The van der Waals surface area contributed by atoms with Gasteiger partial charge in [0.05, 0.1) is 42.7 Å². The molecule has 0 radical (unpaired) electrons. The molecule has 1 aromatic heterocycles. The number of rotatable bonds is 11. The van der Waals surface area contributed by atoms with E-state index in [1.807, 2.05) is 55.5 Å². The predicted octanol–water partition coefficient (Wildman–Crippen LogP) is 4.58. The zero-order valence-corrected chi connectivity index (χ0v) is 26.1. The van der Waals surface area contributed by atoms with Crippen LogP contribution in [0.1, 0.15) is 36.6 Å². The van der Waals surface area contributed by atoms with Gasteiger partial charge in [0.25, 0.3) is 5.56 Å². The quantitative estimate of drug-likeness (QED) is 0.180. The molecule has 44 heavy (non-hydrogen) atoms. The molecule has 1 atom stereocenters. The van der Waals surface area contributed by atoms with Crippen molar-refractivity contribution in [2.45, 2.75) is 26.8 Å². The van der Waals surface area contributed by atoms with Crippen LogP contribution in [0.2, 0.25) is 0 Å². The molecule has 3 aromatic carbocycles. The van der Waals surface area contributed by atoms with E-state index in [9.17, 15) is 9.59 Å². The van der Waals surface area contributed by atoms with Crippen LogP contribution in [-0.2, 0) is 9.53 Å². The summed E-state index contributed by atoms with van der Waals surface area (Å²) in [5.41, 5.74) is 3.22. The topological polar surface area (TPSA) is 97.6 Å². The Morgan fingerprint density at radius 1 is 0.909 bits per heavy atom. The van der Waals surface area contributed by atoms with Crippen LogP contribution in [0, 0.1) is 6.92 Å². The average molecular weight is 615 g/mol. The summed E-state index contributed by atoms with van der Waals surface area (Å²) in [4.78, 5) is 32.1. The minimum Gasteiger partial charge on any atom is -0.497 e. The molecule has 1 aliphatic rings. The van der Waals surface area contributed by atoms with E-state index in [-0.39, 0.29) is 12.2 Å². The van der Waals surface area contributed by atoms with Gasteiger partial charge in [-0.05, 0) is 74.4 Å². The van der Waals surface area contributed by atoms with Crippen molar-refractivity contribution in [3.8, 4) is 23.0 Å². The third-order valence-corrected chi connectivity index (χ3v) is 8.05. The van der Waals surface area contributed by atoms with Gasteiger partial charge >= 0.3 is 5.97 Å². The van der Waals surface area contributed by atoms with E-state index in [2.05, 4.69) is 4.99 Å². The first-order chi connectivity index (χ1) is 21.3. The number of carbonyl (C=O) groups excluding carboxylic acids is 1. The Balaban J connectivity index is 1.44. The number of allylic oxidation sites excluding steroid dienone is 1. The smallest absolute Gasteiger partial charge is 0.338 e. The van der Waals surface area contributed by atoms with Crippen molar-refractivity contribution in [1.29, 1.82) is 0 Å². The largest absolute Gasteiger partial charge is 0.497 e. The normalized spacial score (nSPS) is 14.5. The molecule has 228 valence electrons. The van der Waals surface area contributed by atoms with Crippen molar-refractivity contribution in [2.75, 3.05) is 34.0 Å². The van der Waals surface area contributed by atoms with Gasteiger partial charge in [-0.3, -0.25) is 9.36 Å². The monoisotopic (exact) mass is 614 g/mol. The van der Waals surface area contributed by atoms with E-state index in [1.165, 1.54) is 16.9 Å². The highest BCUT2D eigenvalue weighted by molar-refractivity contribution is 7.07. The highest BCUT2D eigenvalue weighted by Crippen LogP contribution is 2.32. The number of hydrogen-bond donors (Lipinski definition) is 0. The molecule has 1 unspecified atom stereocenters. The number of nitrogens with zero attached hydrogens (tertiary/aromatic N) is 2. The SMILES string of the molecule is CCOC(=O)C1=C(C)N=c2s/c(=C\c3ccc(OCCOc4ccc(C)cc4)c(OC)c3)c(=O)n2C1c1ccc(OC)cc1. The van der Waals surface area contributed by atoms with Gasteiger partial charge in [0.1, 0.15) is 24.7 Å². The zero-order valence-electron chi connectivity index (χ0n) is 25.3. The summed E-state index contributed by atoms with van der Waals surface area (Å²) < 4.78 is 29.9. The van der Waals surface area contributed by atoms with Gasteiger partial charge in [-0.25, -0.2) is 9.79 Å². The molecule has 0 aliphatic carbocycles. The van der Waals surface area contributed by atoms with E-state index < -0.39 is 12.0 Å². The first-order valence-corrected chi connectivity index (χ1v) is 15.0. The molecule has 0 amide bonds. The Kier molecular flexibility index (Phi) is 9.50. The Morgan fingerprint density at radius 2 is 1.61 bits per heavy atom. The van der Waals surface area contributed by atoms with Crippen LogP contribution < -0.4 is 33.8 Å². The fourth-order valence-corrected chi connectivity index (χ4v) is 5.93. The average Bonchev–Trinajstić information content (AvgIpc) is 3.33. The summed E-state index contributed by atoms with van der Waals surface area (Å²) in [6, 6.07) is 19.9. The van der Waals surface area contributed by atoms with Crippen LogP contribution in [0.25, 0.3) is 6.08 Å². The summed E-state index contributed by atoms with van der Waals surface area (Å²) in [6.45, 7) is 6.44. The standard InChI is InChI=1S/C34H34N2O7S/c1-6-41-33(38)30-22(3)35-34-36(31(30)24-10-14-25(39-4)15-11-24)32(37)29(44-34)20-23-9-16-27(28(19-23)40-5)43-18-17-42-26-12-7-21(2)8-13-26/h7-16,19-20,31H,6,17-18H2,1-5H3/b29-20-. The molecule has 0 saturated carbocycles. The summed E-state index contributed by atoms with van der Waals surface area (Å²) >= 11 is 1.26. The molecular formula is C34H34N2O7S. The Labute approximate surface area is 259 Å². The van der Waals surface area contributed by atoms with Gasteiger partial charge < -0.3 is 23.7 Å². The Morgan fingerprint density at radius 3 is 2.30 bits per heavy atom. The highest BCUT2D eigenvalue weighted by atomic mass is 32.1. The molecule has 9 nitrogen and oxygen atoms in total. The molecule has 0 spiro atoms. The summed E-state index contributed by atoms with van der Waals surface area (Å²) in [5.74, 6) is 2.03. The highest BCUT2D eigenvalue weighted by Gasteiger charge is 2.33. The lowest BCUT2D eigenvalue weighted by Crippen LogP contribution is -2.39. The van der Waals surface area contributed by atoms with Gasteiger partial charge in [0.2, 0.25) is 0 Å². The first kappa shape index (κ1) is 30.6. The lowest BCUT2D eigenvalue weighted by Gasteiger charge is -2.24. The van der Waals surface area contributed by atoms with E-state index in [0.29, 0.717) is 51.1 Å². The second-order valence-corrected chi connectivity index (χ2v) is 11.0. The maximum atomic E-state index is 13.9. The minimum absolute atomic E-state index is 0.205. The second-order valence-electron chi connectivity index (χ2n) is 10.00. The third-order valence-electron chi connectivity index (χ3n) is 7.06. The van der Waals surface area contributed by atoms with Gasteiger partial charge in [-0.1, -0.05) is 47.2 Å². The number of fused-ring (bicyclic) bond motifs is 1. The van der Waals surface area contributed by atoms with Crippen molar-refractivity contribution < 1.29 is 28.5 Å². The lowest BCUT2D eigenvalue weighted by molar-refractivity contribution is -0.139. The maximum Gasteiger partial charge on any atom is 0.338 e. The maximum absolute atomic E-state index is 13.9. The summed E-state index contributed by atoms with van der Waals surface area (Å²) in [6.07, 6.45) is 1.78. The molecule has 2 heterocycles. The number of aromatic nitrogens is 1.